The lowest BCUT2D eigenvalue weighted by Gasteiger charge is -1.93. The lowest BCUT2D eigenvalue weighted by Crippen LogP contribution is -2.05. The Morgan fingerprint density at radius 3 is 3.00 bits per heavy atom. The van der Waals surface area contributed by atoms with Gasteiger partial charge in [-0.05, 0) is 6.07 Å². The van der Waals surface area contributed by atoms with Crippen molar-refractivity contribution in [3.63, 3.8) is 0 Å². The van der Waals surface area contributed by atoms with Crippen LogP contribution >= 0.6 is 16.3 Å². The Kier molecular flexibility index (Phi) is 2.28. The predicted octanol–water partition coefficient (Wildman–Crippen LogP) is 1.65. The first kappa shape index (κ1) is 7.82. The van der Waals surface area contributed by atoms with Crippen molar-refractivity contribution in [1.82, 2.24) is 4.57 Å². The zero-order chi connectivity index (χ0) is 8.27. The molecule has 0 aliphatic carbocycles. The lowest BCUT2D eigenvalue weighted by atomic mass is 10.4. The van der Waals surface area contributed by atoms with Gasteiger partial charge in [0.05, 0.1) is 5.56 Å². The third-order valence-electron chi connectivity index (χ3n) is 1.10. The van der Waals surface area contributed by atoms with Crippen LogP contribution in [0.25, 0.3) is 0 Å². The molecule has 0 atom stereocenters. The molecule has 0 amide bonds. The molecule has 0 aromatic carbocycles. The van der Waals surface area contributed by atoms with E-state index < -0.39 is 6.09 Å². The van der Waals surface area contributed by atoms with E-state index in [-0.39, 0.29) is 0 Å². The summed E-state index contributed by atoms with van der Waals surface area (Å²) >= 11 is 2.53. The molecular weight excluding hydrogens is 212 g/mol. The van der Waals surface area contributed by atoms with E-state index in [1.165, 1.54) is 18.5 Å². The highest BCUT2D eigenvalue weighted by Crippen LogP contribution is 2.01. The number of halogens is 1. The summed E-state index contributed by atoms with van der Waals surface area (Å²) in [5.41, 5.74) is 0.419. The van der Waals surface area contributed by atoms with Gasteiger partial charge >= 0.3 is 6.09 Å². The van der Waals surface area contributed by atoms with Crippen LogP contribution in [0.1, 0.15) is 5.56 Å². The predicted molar refractivity (Wildman–Crippen MR) is 40.0 cm³/mol. The second kappa shape index (κ2) is 3.21. The number of rotatable bonds is 0. The second-order valence-corrected chi connectivity index (χ2v) is 2.09. The molecule has 0 bridgehead atoms. The van der Waals surface area contributed by atoms with Crippen LogP contribution in [0.5, 0.6) is 0 Å². The monoisotopic (exact) mass is 214 g/mol. The van der Waals surface area contributed by atoms with Crippen LogP contribution in [0.2, 0.25) is 0 Å². The average Bonchev–Trinajstić information content (AvgIpc) is 2.50. The van der Waals surface area contributed by atoms with Crippen LogP contribution in [0, 0.1) is 11.3 Å². The average molecular weight is 215 g/mol. The van der Waals surface area contributed by atoms with Gasteiger partial charge in [0, 0.05) is 12.4 Å². The lowest BCUT2D eigenvalue weighted by molar-refractivity contribution is 0.213. The summed E-state index contributed by atoms with van der Waals surface area (Å²) in [4.78, 5) is 10.7. The zero-order valence-corrected chi connectivity index (χ0v) is 6.91. The first-order valence-corrected chi connectivity index (χ1v) is 3.33. The van der Waals surface area contributed by atoms with E-state index in [0.29, 0.717) is 5.56 Å². The summed E-state index contributed by atoms with van der Waals surface area (Å²) in [5.74, 6) is 0. The van der Waals surface area contributed by atoms with Crippen molar-refractivity contribution in [2.24, 2.45) is 0 Å². The minimum absolute atomic E-state index is 0.419. The third-order valence-corrected chi connectivity index (χ3v) is 1.38. The topological polar surface area (TPSA) is 55.0 Å². The fraction of sp³-hybridized carbons (Fsp3) is 0. The van der Waals surface area contributed by atoms with Crippen molar-refractivity contribution in [2.75, 3.05) is 0 Å². The molecule has 1 rings (SSSR count). The van der Waals surface area contributed by atoms with Gasteiger partial charge in [-0.2, -0.15) is 5.26 Å². The van der Waals surface area contributed by atoms with Crippen LogP contribution in [0.15, 0.2) is 18.5 Å². The zero-order valence-electron chi connectivity index (χ0n) is 5.32. The van der Waals surface area contributed by atoms with Gasteiger partial charge in [0.15, 0.2) is 16.3 Å². The van der Waals surface area contributed by atoms with Gasteiger partial charge in [0.25, 0.3) is 0 Å². The maximum absolute atomic E-state index is 10.7. The highest BCUT2D eigenvalue weighted by molar-refractivity contribution is 9.06. The van der Waals surface area contributed by atoms with Crippen LogP contribution in [-0.4, -0.2) is 10.7 Å². The normalized spacial score (nSPS) is 8.73. The fourth-order valence-corrected chi connectivity index (χ4v) is 0.783. The molecule has 11 heavy (non-hydrogen) atoms. The third kappa shape index (κ3) is 1.59. The van der Waals surface area contributed by atoms with Crippen molar-refractivity contribution < 1.29 is 8.62 Å². The molecule has 1 aromatic rings. The Morgan fingerprint density at radius 2 is 2.55 bits per heavy atom. The van der Waals surface area contributed by atoms with E-state index in [1.54, 1.807) is 0 Å². The molecule has 0 radical (unpaired) electrons. The molecular formula is C6H3BrN2O2. The molecule has 0 aliphatic rings. The minimum Gasteiger partial charge on any atom is -0.367 e. The molecule has 4 nitrogen and oxygen atoms in total. The molecule has 0 unspecified atom stereocenters. The number of carbonyl (C=O) groups excluding carboxylic acids is 1. The summed E-state index contributed by atoms with van der Waals surface area (Å²) < 4.78 is 5.38. The largest absolute Gasteiger partial charge is 0.429 e. The highest BCUT2D eigenvalue weighted by atomic mass is 79.9. The molecule has 0 saturated heterocycles. The fourth-order valence-electron chi connectivity index (χ4n) is 0.616. The first-order chi connectivity index (χ1) is 5.27. The Labute approximate surface area is 71.4 Å². The molecule has 0 N–H and O–H groups in total. The number of aromatic nitrogens is 1. The van der Waals surface area contributed by atoms with E-state index in [0.717, 1.165) is 4.57 Å². The minimum atomic E-state index is -0.577. The second-order valence-electron chi connectivity index (χ2n) is 1.76. The number of nitriles is 1. The number of hydrogen-bond donors (Lipinski definition) is 0. The smallest absolute Gasteiger partial charge is 0.367 e. The Balaban J connectivity index is 2.91. The maximum Gasteiger partial charge on any atom is 0.429 e. The Hall–Kier alpha value is -1.28. The van der Waals surface area contributed by atoms with Gasteiger partial charge in [-0.25, -0.2) is 4.79 Å². The van der Waals surface area contributed by atoms with Gasteiger partial charge < -0.3 is 3.83 Å². The van der Waals surface area contributed by atoms with Crippen molar-refractivity contribution >= 4 is 22.4 Å². The SMILES string of the molecule is N#Cc1ccn(C(=O)OBr)c1. The van der Waals surface area contributed by atoms with E-state index in [1.807, 2.05) is 6.07 Å². The quantitative estimate of drug-likeness (QED) is 0.661. The first-order valence-electron chi connectivity index (χ1n) is 2.69. The maximum atomic E-state index is 10.7. The Morgan fingerprint density at radius 1 is 1.82 bits per heavy atom. The standard InChI is InChI=1S/C6H3BrN2O2/c7-11-6(10)9-2-1-5(3-8)4-9/h1-2,4H. The van der Waals surface area contributed by atoms with Crippen LogP contribution < -0.4 is 0 Å². The molecule has 1 aromatic heterocycles. The molecule has 56 valence electrons. The van der Waals surface area contributed by atoms with Crippen LogP contribution in [-0.2, 0) is 3.83 Å². The highest BCUT2D eigenvalue weighted by Gasteiger charge is 2.03. The molecule has 0 saturated carbocycles. The summed E-state index contributed by atoms with van der Waals surface area (Å²) in [6.45, 7) is 0. The van der Waals surface area contributed by atoms with Crippen molar-refractivity contribution in [1.29, 1.82) is 5.26 Å². The summed E-state index contributed by atoms with van der Waals surface area (Å²) in [6, 6.07) is 3.40. The van der Waals surface area contributed by atoms with Gasteiger partial charge in [-0.1, -0.05) is 0 Å². The molecule has 0 aliphatic heterocycles. The van der Waals surface area contributed by atoms with Crippen molar-refractivity contribution in [3.05, 3.63) is 24.0 Å². The van der Waals surface area contributed by atoms with Gasteiger partial charge in [0.2, 0.25) is 0 Å². The summed E-state index contributed by atoms with van der Waals surface area (Å²) in [7, 11) is 0. The van der Waals surface area contributed by atoms with E-state index in [9.17, 15) is 4.79 Å². The van der Waals surface area contributed by atoms with Crippen LogP contribution in [0.3, 0.4) is 0 Å². The molecule has 1 heterocycles. The van der Waals surface area contributed by atoms with Crippen molar-refractivity contribution in [3.8, 4) is 6.07 Å². The summed E-state index contributed by atoms with van der Waals surface area (Å²) in [5, 5.41) is 8.38. The van der Waals surface area contributed by atoms with Gasteiger partial charge in [-0.15, -0.1) is 0 Å². The van der Waals surface area contributed by atoms with E-state index >= 15 is 0 Å². The number of hydrogen-bond acceptors (Lipinski definition) is 3. The molecule has 0 spiro atoms. The number of carbonyl (C=O) groups is 1. The van der Waals surface area contributed by atoms with Gasteiger partial charge in [0.1, 0.15) is 6.07 Å². The van der Waals surface area contributed by atoms with Crippen molar-refractivity contribution in [2.45, 2.75) is 0 Å². The van der Waals surface area contributed by atoms with E-state index in [2.05, 4.69) is 20.1 Å². The van der Waals surface area contributed by atoms with E-state index in [4.69, 9.17) is 5.26 Å². The Bertz CT molecular complexity index is 313. The molecule has 0 fully saturated rings. The van der Waals surface area contributed by atoms with Gasteiger partial charge in [-0.3, -0.25) is 4.57 Å². The number of nitrogens with zero attached hydrogens (tertiary/aromatic N) is 2. The van der Waals surface area contributed by atoms with Crippen LogP contribution in [0.4, 0.5) is 4.79 Å². The molecule has 5 heteroatoms. The summed E-state index contributed by atoms with van der Waals surface area (Å²) in [6.07, 6.45) is 2.25.